The first-order valence-corrected chi connectivity index (χ1v) is 7.46. The molecule has 118 valence electrons. The molecule has 3 aromatic rings. The first-order valence-electron chi connectivity index (χ1n) is 7.46. The van der Waals surface area contributed by atoms with Crippen molar-refractivity contribution >= 4 is 17.1 Å². The lowest BCUT2D eigenvalue weighted by Crippen LogP contribution is -2.24. The number of benzene rings is 2. The summed E-state index contributed by atoms with van der Waals surface area (Å²) >= 11 is 0. The normalized spacial score (nSPS) is 9.83. The molecule has 1 N–H and O–H groups in total. The number of carbonyl (C=O) groups is 1. The number of ether oxygens (including phenoxy) is 1. The maximum absolute atomic E-state index is 11.6. The lowest BCUT2D eigenvalue weighted by molar-refractivity contribution is 0.141. The van der Waals surface area contributed by atoms with Gasteiger partial charge in [-0.25, -0.2) is 9.78 Å². The molecule has 0 saturated carbocycles. The second kappa shape index (κ2) is 7.75. The Kier molecular flexibility index (Phi) is 5.00. The molecule has 24 heavy (non-hydrogen) atoms. The molecule has 3 rings (SSSR count). The van der Waals surface area contributed by atoms with Gasteiger partial charge in [-0.05, 0) is 23.6 Å². The summed E-state index contributed by atoms with van der Waals surface area (Å²) < 4.78 is 5.09. The molecule has 1 heterocycles. The Hall–Kier alpha value is -3.39. The zero-order valence-corrected chi connectivity index (χ0v) is 12.9. The van der Waals surface area contributed by atoms with Crippen LogP contribution in [0.5, 0.6) is 0 Å². The van der Waals surface area contributed by atoms with Crippen LogP contribution in [0.3, 0.4) is 0 Å². The third-order valence-electron chi connectivity index (χ3n) is 3.20. The molecular weight excluding hydrogens is 302 g/mol. The summed E-state index contributed by atoms with van der Waals surface area (Å²) in [6, 6.07) is 17.1. The van der Waals surface area contributed by atoms with Gasteiger partial charge in [-0.3, -0.25) is 4.98 Å². The molecule has 0 saturated heterocycles. The van der Waals surface area contributed by atoms with Gasteiger partial charge in [-0.15, -0.1) is 0 Å². The zero-order valence-electron chi connectivity index (χ0n) is 12.9. The molecule has 0 aliphatic carbocycles. The molecule has 5 heteroatoms. The van der Waals surface area contributed by atoms with Crippen molar-refractivity contribution in [2.75, 3.05) is 6.54 Å². The van der Waals surface area contributed by atoms with Crippen LogP contribution in [0.15, 0.2) is 60.8 Å². The van der Waals surface area contributed by atoms with E-state index in [-0.39, 0.29) is 13.2 Å². The predicted octanol–water partition coefficient (Wildman–Crippen LogP) is 2.91. The highest BCUT2D eigenvalue weighted by Gasteiger charge is 2.00. The Morgan fingerprint density at radius 2 is 1.79 bits per heavy atom. The van der Waals surface area contributed by atoms with Gasteiger partial charge in [0.05, 0.1) is 23.8 Å². The Bertz CT molecular complexity index is 898. The second-order valence-corrected chi connectivity index (χ2v) is 4.96. The Morgan fingerprint density at radius 1 is 1.04 bits per heavy atom. The van der Waals surface area contributed by atoms with E-state index in [2.05, 4.69) is 27.1 Å². The fourth-order valence-corrected chi connectivity index (χ4v) is 2.04. The smallest absolute Gasteiger partial charge is 0.408 e. The molecule has 1 aromatic heterocycles. The maximum atomic E-state index is 11.6. The van der Waals surface area contributed by atoms with E-state index in [1.54, 1.807) is 6.20 Å². The summed E-state index contributed by atoms with van der Waals surface area (Å²) in [7, 11) is 0. The van der Waals surface area contributed by atoms with Crippen molar-refractivity contribution in [3.8, 4) is 11.8 Å². The number of hydrogen-bond donors (Lipinski definition) is 1. The summed E-state index contributed by atoms with van der Waals surface area (Å²) in [6.07, 6.45) is 1.11. The summed E-state index contributed by atoms with van der Waals surface area (Å²) in [6.45, 7) is 0.415. The van der Waals surface area contributed by atoms with Crippen LogP contribution in [-0.4, -0.2) is 22.6 Å². The van der Waals surface area contributed by atoms with E-state index in [9.17, 15) is 4.79 Å². The number of fused-ring (bicyclic) bond motifs is 1. The summed E-state index contributed by atoms with van der Waals surface area (Å²) in [5.74, 6) is 5.70. The first-order chi connectivity index (χ1) is 11.8. The SMILES string of the molecule is O=C(NCC#Cc1cnc2ccccc2n1)OCc1ccccc1. The summed E-state index contributed by atoms with van der Waals surface area (Å²) in [5, 5.41) is 2.58. The zero-order chi connectivity index (χ0) is 16.6. The van der Waals surface area contributed by atoms with Crippen molar-refractivity contribution in [3.63, 3.8) is 0 Å². The average molecular weight is 317 g/mol. The van der Waals surface area contributed by atoms with Crippen LogP contribution in [0.4, 0.5) is 4.79 Å². The number of aromatic nitrogens is 2. The number of para-hydroxylation sites is 2. The van der Waals surface area contributed by atoms with Gasteiger partial charge in [0, 0.05) is 0 Å². The van der Waals surface area contributed by atoms with Crippen molar-refractivity contribution in [2.24, 2.45) is 0 Å². The minimum atomic E-state index is -0.502. The Labute approximate surface area is 139 Å². The highest BCUT2D eigenvalue weighted by molar-refractivity contribution is 5.74. The van der Waals surface area contributed by atoms with Crippen molar-refractivity contribution in [2.45, 2.75) is 6.61 Å². The molecule has 0 radical (unpaired) electrons. The third-order valence-corrected chi connectivity index (χ3v) is 3.20. The molecular formula is C19H15N3O2. The van der Waals surface area contributed by atoms with Gasteiger partial charge in [-0.1, -0.05) is 48.4 Å². The average Bonchev–Trinajstić information content (AvgIpc) is 2.64. The summed E-state index contributed by atoms with van der Waals surface area (Å²) in [5.41, 5.74) is 3.11. The maximum Gasteiger partial charge on any atom is 0.408 e. The molecule has 0 atom stereocenters. The Balaban J connectivity index is 1.49. The van der Waals surface area contributed by atoms with Crippen LogP contribution < -0.4 is 5.32 Å². The van der Waals surface area contributed by atoms with Gasteiger partial charge < -0.3 is 10.1 Å². The van der Waals surface area contributed by atoms with Gasteiger partial charge >= 0.3 is 6.09 Å². The van der Waals surface area contributed by atoms with Crippen LogP contribution in [0.25, 0.3) is 11.0 Å². The van der Waals surface area contributed by atoms with E-state index in [4.69, 9.17) is 4.74 Å². The predicted molar refractivity (Wildman–Crippen MR) is 91.0 cm³/mol. The van der Waals surface area contributed by atoms with Crippen LogP contribution in [-0.2, 0) is 11.3 Å². The molecule has 5 nitrogen and oxygen atoms in total. The molecule has 0 aliphatic rings. The van der Waals surface area contributed by atoms with E-state index >= 15 is 0 Å². The number of hydrogen-bond acceptors (Lipinski definition) is 4. The van der Waals surface area contributed by atoms with Crippen LogP contribution in [0.1, 0.15) is 11.3 Å². The molecule has 0 aliphatic heterocycles. The van der Waals surface area contributed by atoms with E-state index < -0.39 is 6.09 Å². The van der Waals surface area contributed by atoms with Crippen molar-refractivity contribution in [3.05, 3.63) is 72.1 Å². The number of nitrogens with one attached hydrogen (secondary N) is 1. The molecule has 0 bridgehead atoms. The Morgan fingerprint density at radius 3 is 2.62 bits per heavy atom. The number of carbonyl (C=O) groups excluding carboxylic acids is 1. The number of nitrogens with zero attached hydrogens (tertiary/aromatic N) is 2. The van der Waals surface area contributed by atoms with Gasteiger partial charge in [0.1, 0.15) is 12.3 Å². The third kappa shape index (κ3) is 4.31. The molecule has 0 spiro atoms. The fraction of sp³-hybridized carbons (Fsp3) is 0.105. The van der Waals surface area contributed by atoms with E-state index in [1.165, 1.54) is 0 Å². The largest absolute Gasteiger partial charge is 0.445 e. The number of rotatable bonds is 3. The van der Waals surface area contributed by atoms with Crippen LogP contribution in [0, 0.1) is 11.8 Å². The minimum absolute atomic E-state index is 0.183. The standard InChI is InChI=1S/C19H15N3O2/c23-19(24-14-15-7-2-1-3-8-15)20-12-6-9-16-13-21-17-10-4-5-11-18(17)22-16/h1-5,7-8,10-11,13H,12,14H2,(H,20,23). The van der Waals surface area contributed by atoms with Crippen LogP contribution in [0.2, 0.25) is 0 Å². The molecule has 2 aromatic carbocycles. The van der Waals surface area contributed by atoms with Crippen molar-refractivity contribution < 1.29 is 9.53 Å². The van der Waals surface area contributed by atoms with Crippen molar-refractivity contribution in [1.82, 2.24) is 15.3 Å². The topological polar surface area (TPSA) is 64.1 Å². The molecule has 0 unspecified atom stereocenters. The quantitative estimate of drug-likeness (QED) is 0.754. The van der Waals surface area contributed by atoms with Gasteiger partial charge in [0.2, 0.25) is 0 Å². The van der Waals surface area contributed by atoms with E-state index in [0.717, 1.165) is 16.6 Å². The number of alkyl carbamates (subject to hydrolysis) is 1. The van der Waals surface area contributed by atoms with Gasteiger partial charge in [0.15, 0.2) is 0 Å². The summed E-state index contributed by atoms with van der Waals surface area (Å²) in [4.78, 5) is 20.2. The first kappa shape index (κ1) is 15.5. The highest BCUT2D eigenvalue weighted by atomic mass is 16.5. The monoisotopic (exact) mass is 317 g/mol. The molecule has 0 fully saturated rings. The van der Waals surface area contributed by atoms with Gasteiger partial charge in [0.25, 0.3) is 0 Å². The van der Waals surface area contributed by atoms with Crippen LogP contribution >= 0.6 is 0 Å². The lowest BCUT2D eigenvalue weighted by Gasteiger charge is -2.04. The van der Waals surface area contributed by atoms with E-state index in [0.29, 0.717) is 5.69 Å². The lowest BCUT2D eigenvalue weighted by atomic mass is 10.2. The second-order valence-electron chi connectivity index (χ2n) is 4.96. The van der Waals surface area contributed by atoms with Crippen molar-refractivity contribution in [1.29, 1.82) is 0 Å². The highest BCUT2D eigenvalue weighted by Crippen LogP contribution is 2.07. The fourth-order valence-electron chi connectivity index (χ4n) is 2.04. The van der Waals surface area contributed by atoms with Gasteiger partial charge in [-0.2, -0.15) is 0 Å². The molecule has 1 amide bonds. The minimum Gasteiger partial charge on any atom is -0.445 e. The van der Waals surface area contributed by atoms with E-state index in [1.807, 2.05) is 54.6 Å². The number of amides is 1.